The minimum atomic E-state index is -0.0304. The third-order valence-electron chi connectivity index (χ3n) is 1.65. The first-order valence-electron chi connectivity index (χ1n) is 4.07. The summed E-state index contributed by atoms with van der Waals surface area (Å²) in [6.45, 7) is 2.33. The summed E-state index contributed by atoms with van der Waals surface area (Å²) in [6.07, 6.45) is 3.45. The fourth-order valence-corrected chi connectivity index (χ4v) is 1.36. The van der Waals surface area contributed by atoms with Gasteiger partial charge in [0, 0.05) is 16.9 Å². The lowest BCUT2D eigenvalue weighted by atomic mass is 10.2. The predicted molar refractivity (Wildman–Crippen MR) is 53.4 cm³/mol. The molecule has 0 amide bonds. The molecule has 0 bridgehead atoms. The Kier molecular flexibility index (Phi) is 4.35. The van der Waals surface area contributed by atoms with E-state index in [1.807, 2.05) is 13.0 Å². The largest absolute Gasteiger partial charge is 0.394 e. The van der Waals surface area contributed by atoms with Gasteiger partial charge in [-0.3, -0.25) is 4.98 Å². The van der Waals surface area contributed by atoms with E-state index in [0.717, 1.165) is 10.0 Å². The van der Waals surface area contributed by atoms with Crippen LogP contribution in [0.25, 0.3) is 0 Å². The van der Waals surface area contributed by atoms with Crippen LogP contribution in [-0.2, 0) is 4.74 Å². The predicted octanol–water partition coefficient (Wildman–Crippen LogP) is 1.91. The molecule has 0 fully saturated rings. The smallest absolute Gasteiger partial charge is 0.0813 e. The fraction of sp³-hybridized carbons (Fsp3) is 0.444. The molecule has 0 aliphatic rings. The quantitative estimate of drug-likeness (QED) is 0.882. The van der Waals surface area contributed by atoms with Gasteiger partial charge in [0.1, 0.15) is 0 Å². The normalized spacial score (nSPS) is 12.8. The van der Waals surface area contributed by atoms with E-state index in [0.29, 0.717) is 6.61 Å². The molecule has 72 valence electrons. The van der Waals surface area contributed by atoms with Gasteiger partial charge < -0.3 is 9.84 Å². The molecule has 0 saturated heterocycles. The van der Waals surface area contributed by atoms with Gasteiger partial charge in [-0.1, -0.05) is 0 Å². The van der Waals surface area contributed by atoms with Gasteiger partial charge in [0.15, 0.2) is 0 Å². The summed E-state index contributed by atoms with van der Waals surface area (Å²) in [5, 5.41) is 8.57. The SMILES string of the molecule is C[C@H](OCCO)c1cncc(Br)c1. The van der Waals surface area contributed by atoms with Gasteiger partial charge in [0.25, 0.3) is 0 Å². The molecule has 1 rings (SSSR count). The highest BCUT2D eigenvalue weighted by Gasteiger charge is 2.05. The average molecular weight is 246 g/mol. The Morgan fingerprint density at radius 2 is 2.38 bits per heavy atom. The van der Waals surface area contributed by atoms with Crippen molar-refractivity contribution in [2.45, 2.75) is 13.0 Å². The van der Waals surface area contributed by atoms with Crippen LogP contribution >= 0.6 is 15.9 Å². The first-order chi connectivity index (χ1) is 6.24. The second kappa shape index (κ2) is 5.32. The number of halogens is 1. The number of rotatable bonds is 4. The molecule has 0 aromatic carbocycles. The molecule has 0 radical (unpaired) electrons. The van der Waals surface area contributed by atoms with E-state index in [1.54, 1.807) is 12.4 Å². The van der Waals surface area contributed by atoms with Gasteiger partial charge in [-0.15, -0.1) is 0 Å². The van der Waals surface area contributed by atoms with Crippen molar-refractivity contribution in [3.63, 3.8) is 0 Å². The summed E-state index contributed by atoms with van der Waals surface area (Å²) in [4.78, 5) is 4.02. The molecule has 13 heavy (non-hydrogen) atoms. The van der Waals surface area contributed by atoms with E-state index < -0.39 is 0 Å². The Morgan fingerprint density at radius 3 is 3.00 bits per heavy atom. The van der Waals surface area contributed by atoms with Gasteiger partial charge in [0.2, 0.25) is 0 Å². The molecule has 0 aliphatic heterocycles. The number of pyridine rings is 1. The molecule has 3 nitrogen and oxygen atoms in total. The molecule has 4 heteroatoms. The lowest BCUT2D eigenvalue weighted by Crippen LogP contribution is -2.04. The first kappa shape index (κ1) is 10.6. The third kappa shape index (κ3) is 3.42. The van der Waals surface area contributed by atoms with Crippen molar-refractivity contribution in [3.05, 3.63) is 28.5 Å². The molecule has 1 aromatic heterocycles. The molecular formula is C9H12BrNO2. The molecule has 0 aliphatic carbocycles. The van der Waals surface area contributed by atoms with Crippen molar-refractivity contribution < 1.29 is 9.84 Å². The summed E-state index contributed by atoms with van der Waals surface area (Å²) < 4.78 is 6.26. The highest BCUT2D eigenvalue weighted by molar-refractivity contribution is 9.10. The Hall–Kier alpha value is -0.450. The van der Waals surface area contributed by atoms with E-state index in [-0.39, 0.29) is 12.7 Å². The van der Waals surface area contributed by atoms with Crippen molar-refractivity contribution in [2.75, 3.05) is 13.2 Å². The number of aliphatic hydroxyl groups excluding tert-OH is 1. The Bertz CT molecular complexity index is 268. The maximum absolute atomic E-state index is 8.57. The number of aliphatic hydroxyl groups is 1. The van der Waals surface area contributed by atoms with Crippen molar-refractivity contribution in [1.82, 2.24) is 4.98 Å². The molecular weight excluding hydrogens is 234 g/mol. The molecule has 0 unspecified atom stereocenters. The van der Waals surface area contributed by atoms with E-state index in [2.05, 4.69) is 20.9 Å². The van der Waals surface area contributed by atoms with Crippen LogP contribution < -0.4 is 0 Å². The second-order valence-electron chi connectivity index (χ2n) is 2.67. The van der Waals surface area contributed by atoms with Crippen LogP contribution in [0.2, 0.25) is 0 Å². The summed E-state index contributed by atoms with van der Waals surface area (Å²) in [7, 11) is 0. The summed E-state index contributed by atoms with van der Waals surface area (Å²) >= 11 is 3.33. The zero-order chi connectivity index (χ0) is 9.68. The lowest BCUT2D eigenvalue weighted by Gasteiger charge is -2.11. The van der Waals surface area contributed by atoms with E-state index >= 15 is 0 Å². The van der Waals surface area contributed by atoms with Gasteiger partial charge in [-0.2, -0.15) is 0 Å². The lowest BCUT2D eigenvalue weighted by molar-refractivity contribution is 0.0383. The number of hydrogen-bond donors (Lipinski definition) is 1. The van der Waals surface area contributed by atoms with Crippen LogP contribution in [-0.4, -0.2) is 23.3 Å². The van der Waals surface area contributed by atoms with Gasteiger partial charge in [-0.05, 0) is 34.5 Å². The van der Waals surface area contributed by atoms with Crippen molar-refractivity contribution >= 4 is 15.9 Å². The summed E-state index contributed by atoms with van der Waals surface area (Å²) in [6, 6.07) is 1.95. The zero-order valence-corrected chi connectivity index (χ0v) is 8.99. The van der Waals surface area contributed by atoms with Crippen LogP contribution in [0, 0.1) is 0 Å². The number of ether oxygens (including phenoxy) is 1. The Morgan fingerprint density at radius 1 is 1.62 bits per heavy atom. The molecule has 1 heterocycles. The monoisotopic (exact) mass is 245 g/mol. The minimum absolute atomic E-state index is 0.0304. The van der Waals surface area contributed by atoms with Gasteiger partial charge in [-0.25, -0.2) is 0 Å². The molecule has 0 saturated carbocycles. The molecule has 1 aromatic rings. The Balaban J connectivity index is 2.60. The van der Waals surface area contributed by atoms with E-state index in [1.165, 1.54) is 0 Å². The molecule has 1 N–H and O–H groups in total. The third-order valence-corrected chi connectivity index (χ3v) is 2.09. The van der Waals surface area contributed by atoms with Crippen LogP contribution in [0.3, 0.4) is 0 Å². The molecule has 0 spiro atoms. The summed E-state index contributed by atoms with van der Waals surface area (Å²) in [5.41, 5.74) is 1.00. The highest BCUT2D eigenvalue weighted by Crippen LogP contribution is 2.18. The fourth-order valence-electron chi connectivity index (χ4n) is 0.976. The first-order valence-corrected chi connectivity index (χ1v) is 4.86. The summed E-state index contributed by atoms with van der Waals surface area (Å²) in [5.74, 6) is 0. The zero-order valence-electron chi connectivity index (χ0n) is 7.40. The van der Waals surface area contributed by atoms with Crippen molar-refractivity contribution in [1.29, 1.82) is 0 Å². The Labute approximate surface area is 85.9 Å². The van der Waals surface area contributed by atoms with Crippen molar-refractivity contribution in [3.8, 4) is 0 Å². The number of hydrogen-bond acceptors (Lipinski definition) is 3. The van der Waals surface area contributed by atoms with Gasteiger partial charge in [0.05, 0.1) is 19.3 Å². The van der Waals surface area contributed by atoms with Gasteiger partial charge >= 0.3 is 0 Å². The number of nitrogens with zero attached hydrogens (tertiary/aromatic N) is 1. The topological polar surface area (TPSA) is 42.4 Å². The number of aromatic nitrogens is 1. The minimum Gasteiger partial charge on any atom is -0.394 e. The molecule has 1 atom stereocenters. The van der Waals surface area contributed by atoms with E-state index in [4.69, 9.17) is 9.84 Å². The highest BCUT2D eigenvalue weighted by atomic mass is 79.9. The van der Waals surface area contributed by atoms with E-state index in [9.17, 15) is 0 Å². The second-order valence-corrected chi connectivity index (χ2v) is 3.59. The standard InChI is InChI=1S/C9H12BrNO2/c1-7(13-3-2-12)8-4-9(10)6-11-5-8/h4-7,12H,2-3H2,1H3/t7-/m0/s1. The van der Waals surface area contributed by atoms with Crippen LogP contribution in [0.5, 0.6) is 0 Å². The maximum Gasteiger partial charge on any atom is 0.0813 e. The van der Waals surface area contributed by atoms with Crippen LogP contribution in [0.1, 0.15) is 18.6 Å². The van der Waals surface area contributed by atoms with Crippen molar-refractivity contribution in [2.24, 2.45) is 0 Å². The maximum atomic E-state index is 8.57. The average Bonchev–Trinajstić information content (AvgIpc) is 2.14. The van der Waals surface area contributed by atoms with Crippen LogP contribution in [0.15, 0.2) is 22.9 Å². The van der Waals surface area contributed by atoms with Crippen LogP contribution in [0.4, 0.5) is 0 Å².